The molecule has 1 aromatic carbocycles. The Kier molecular flexibility index (Phi) is 5.08. The maximum absolute atomic E-state index is 12.1. The fourth-order valence-electron chi connectivity index (χ4n) is 2.15. The Morgan fingerprint density at radius 2 is 2.05 bits per heavy atom. The number of anilines is 2. The number of benzene rings is 1. The van der Waals surface area contributed by atoms with Crippen LogP contribution in [0.15, 0.2) is 18.2 Å². The van der Waals surface area contributed by atoms with E-state index in [4.69, 9.17) is 22.1 Å². The van der Waals surface area contributed by atoms with Crippen molar-refractivity contribution in [2.45, 2.75) is 18.1 Å². The third-order valence-corrected chi connectivity index (χ3v) is 5.78. The number of halogens is 1. The molecule has 0 aromatic heterocycles. The Morgan fingerprint density at radius 3 is 2.67 bits per heavy atom. The van der Waals surface area contributed by atoms with Crippen molar-refractivity contribution in [1.29, 1.82) is 0 Å². The van der Waals surface area contributed by atoms with E-state index in [9.17, 15) is 13.2 Å². The minimum Gasteiger partial charge on any atom is -0.397 e. The summed E-state index contributed by atoms with van der Waals surface area (Å²) >= 11 is 5.78. The number of carbonyl (C=O) groups is 1. The van der Waals surface area contributed by atoms with Gasteiger partial charge in [-0.15, -0.1) is 0 Å². The second-order valence-electron chi connectivity index (χ2n) is 4.90. The SMILES string of the molecule is Nc1cc(NC(=O)CS(=O)(=O)C2CCOCC2)ccc1Cl. The van der Waals surface area contributed by atoms with Gasteiger partial charge in [-0.25, -0.2) is 8.42 Å². The molecule has 3 N–H and O–H groups in total. The van der Waals surface area contributed by atoms with Gasteiger partial charge < -0.3 is 15.8 Å². The quantitative estimate of drug-likeness (QED) is 0.813. The van der Waals surface area contributed by atoms with E-state index in [1.54, 1.807) is 12.1 Å². The Balaban J connectivity index is 1.98. The van der Waals surface area contributed by atoms with Crippen LogP contribution in [0, 0.1) is 0 Å². The maximum Gasteiger partial charge on any atom is 0.239 e. The highest BCUT2D eigenvalue weighted by molar-refractivity contribution is 7.92. The van der Waals surface area contributed by atoms with E-state index < -0.39 is 26.7 Å². The molecule has 116 valence electrons. The molecule has 0 spiro atoms. The predicted molar refractivity (Wildman–Crippen MR) is 82.1 cm³/mol. The van der Waals surface area contributed by atoms with E-state index >= 15 is 0 Å². The lowest BCUT2D eigenvalue weighted by atomic mass is 10.2. The molecule has 8 heteroatoms. The van der Waals surface area contributed by atoms with E-state index in [0.29, 0.717) is 42.5 Å². The molecule has 0 unspecified atom stereocenters. The molecular formula is C13H17ClN2O4S. The Hall–Kier alpha value is -1.31. The van der Waals surface area contributed by atoms with Crippen LogP contribution >= 0.6 is 11.6 Å². The Bertz CT molecular complexity index is 627. The molecule has 1 saturated heterocycles. The first kappa shape index (κ1) is 16.1. The Morgan fingerprint density at radius 1 is 1.38 bits per heavy atom. The van der Waals surface area contributed by atoms with E-state index in [2.05, 4.69) is 5.32 Å². The van der Waals surface area contributed by atoms with Gasteiger partial charge in [0.2, 0.25) is 5.91 Å². The highest BCUT2D eigenvalue weighted by Gasteiger charge is 2.29. The molecule has 6 nitrogen and oxygen atoms in total. The van der Waals surface area contributed by atoms with Crippen LogP contribution in [0.3, 0.4) is 0 Å². The van der Waals surface area contributed by atoms with Crippen LogP contribution in [-0.4, -0.2) is 38.5 Å². The average molecular weight is 333 g/mol. The number of nitrogen functional groups attached to an aromatic ring is 1. The molecule has 1 heterocycles. The van der Waals surface area contributed by atoms with Gasteiger partial charge >= 0.3 is 0 Å². The molecule has 1 aromatic rings. The van der Waals surface area contributed by atoms with E-state index in [-0.39, 0.29) is 0 Å². The highest BCUT2D eigenvalue weighted by atomic mass is 35.5. The van der Waals surface area contributed by atoms with Crippen LogP contribution in [0.5, 0.6) is 0 Å². The van der Waals surface area contributed by atoms with Crippen LogP contribution < -0.4 is 11.1 Å². The van der Waals surface area contributed by atoms with Crippen LogP contribution in [-0.2, 0) is 19.4 Å². The third-order valence-electron chi connectivity index (χ3n) is 3.29. The van der Waals surface area contributed by atoms with Crippen molar-refractivity contribution in [1.82, 2.24) is 0 Å². The molecule has 0 saturated carbocycles. The van der Waals surface area contributed by atoms with Crippen molar-refractivity contribution >= 4 is 38.7 Å². The maximum atomic E-state index is 12.1. The van der Waals surface area contributed by atoms with Crippen molar-refractivity contribution in [3.8, 4) is 0 Å². The van der Waals surface area contributed by atoms with Gasteiger partial charge in [0.05, 0.1) is 16.0 Å². The summed E-state index contributed by atoms with van der Waals surface area (Å²) in [6.45, 7) is 0.832. The summed E-state index contributed by atoms with van der Waals surface area (Å²) in [5.41, 5.74) is 6.37. The van der Waals surface area contributed by atoms with Gasteiger partial charge in [0.1, 0.15) is 5.75 Å². The molecule has 0 aliphatic carbocycles. The number of hydrogen-bond acceptors (Lipinski definition) is 5. The number of nitrogens with one attached hydrogen (secondary N) is 1. The summed E-state index contributed by atoms with van der Waals surface area (Å²) in [5.74, 6) is -1.12. The van der Waals surface area contributed by atoms with Gasteiger partial charge in [-0.1, -0.05) is 11.6 Å². The number of hydrogen-bond donors (Lipinski definition) is 2. The smallest absolute Gasteiger partial charge is 0.239 e. The summed E-state index contributed by atoms with van der Waals surface area (Å²) < 4.78 is 29.4. The average Bonchev–Trinajstić information content (AvgIpc) is 2.43. The van der Waals surface area contributed by atoms with E-state index in [1.807, 2.05) is 0 Å². The van der Waals surface area contributed by atoms with Gasteiger partial charge in [0, 0.05) is 18.9 Å². The van der Waals surface area contributed by atoms with Crippen LogP contribution in [0.25, 0.3) is 0 Å². The normalized spacial score (nSPS) is 16.6. The van der Waals surface area contributed by atoms with Gasteiger partial charge in [0.15, 0.2) is 9.84 Å². The zero-order valence-corrected chi connectivity index (χ0v) is 12.9. The predicted octanol–water partition coefficient (Wildman–Crippen LogP) is 1.45. The topological polar surface area (TPSA) is 98.5 Å². The number of amides is 1. The van der Waals surface area contributed by atoms with Crippen molar-refractivity contribution in [2.75, 3.05) is 30.0 Å². The molecule has 1 aliphatic rings. The lowest BCUT2D eigenvalue weighted by Gasteiger charge is -2.21. The summed E-state index contributed by atoms with van der Waals surface area (Å²) in [7, 11) is -3.47. The van der Waals surface area contributed by atoms with Crippen LogP contribution in [0.2, 0.25) is 5.02 Å². The Labute approximate surface area is 128 Å². The van der Waals surface area contributed by atoms with Gasteiger partial charge in [0.25, 0.3) is 0 Å². The van der Waals surface area contributed by atoms with Gasteiger partial charge in [-0.3, -0.25) is 4.79 Å². The summed E-state index contributed by atoms with van der Waals surface area (Å²) in [6, 6.07) is 4.60. The highest BCUT2D eigenvalue weighted by Crippen LogP contribution is 2.22. The number of sulfone groups is 1. The largest absolute Gasteiger partial charge is 0.397 e. The first-order valence-electron chi connectivity index (χ1n) is 6.52. The zero-order chi connectivity index (χ0) is 15.5. The lowest BCUT2D eigenvalue weighted by Crippen LogP contribution is -2.34. The molecule has 0 radical (unpaired) electrons. The molecule has 1 aliphatic heterocycles. The number of ether oxygens (including phenoxy) is 1. The first-order chi connectivity index (χ1) is 9.88. The van der Waals surface area contributed by atoms with Crippen molar-refractivity contribution in [2.24, 2.45) is 0 Å². The zero-order valence-electron chi connectivity index (χ0n) is 11.3. The number of carbonyl (C=O) groups excluding carboxylic acids is 1. The monoisotopic (exact) mass is 332 g/mol. The number of nitrogens with two attached hydrogens (primary N) is 1. The van der Waals surface area contributed by atoms with Crippen molar-refractivity contribution in [3.05, 3.63) is 23.2 Å². The third kappa shape index (κ3) is 4.33. The fourth-order valence-corrected chi connectivity index (χ4v) is 3.86. The number of rotatable bonds is 4. The van der Waals surface area contributed by atoms with Crippen molar-refractivity contribution in [3.63, 3.8) is 0 Å². The van der Waals surface area contributed by atoms with Gasteiger partial charge in [-0.2, -0.15) is 0 Å². The summed E-state index contributed by atoms with van der Waals surface area (Å²) in [6.07, 6.45) is 0.868. The molecule has 1 amide bonds. The van der Waals surface area contributed by atoms with Crippen LogP contribution in [0.1, 0.15) is 12.8 Å². The first-order valence-corrected chi connectivity index (χ1v) is 8.62. The minimum absolute atomic E-state index is 0.321. The minimum atomic E-state index is -3.47. The summed E-state index contributed by atoms with van der Waals surface area (Å²) in [4.78, 5) is 11.9. The van der Waals surface area contributed by atoms with E-state index in [0.717, 1.165) is 0 Å². The van der Waals surface area contributed by atoms with Crippen LogP contribution in [0.4, 0.5) is 11.4 Å². The second kappa shape index (κ2) is 6.64. The van der Waals surface area contributed by atoms with E-state index in [1.165, 1.54) is 6.07 Å². The molecule has 1 fully saturated rings. The summed E-state index contributed by atoms with van der Waals surface area (Å²) in [5, 5.41) is 2.39. The molecule has 21 heavy (non-hydrogen) atoms. The molecule has 0 bridgehead atoms. The molecular weight excluding hydrogens is 316 g/mol. The standard InChI is InChI=1S/C13H17ClN2O4S/c14-11-2-1-9(7-12(11)15)16-13(17)8-21(18,19)10-3-5-20-6-4-10/h1-2,7,10H,3-6,8,15H2,(H,16,17). The molecule has 2 rings (SSSR count). The van der Waals surface area contributed by atoms with Crippen molar-refractivity contribution < 1.29 is 17.9 Å². The lowest BCUT2D eigenvalue weighted by molar-refractivity contribution is -0.113. The molecule has 0 atom stereocenters. The van der Waals surface area contributed by atoms with Gasteiger partial charge in [-0.05, 0) is 31.0 Å². The fraction of sp³-hybridized carbons (Fsp3) is 0.462. The second-order valence-corrected chi connectivity index (χ2v) is 7.59.